The van der Waals surface area contributed by atoms with Gasteiger partial charge in [0.25, 0.3) is 0 Å². The Labute approximate surface area is 161 Å². The van der Waals surface area contributed by atoms with Crippen molar-refractivity contribution in [2.75, 3.05) is 33.4 Å². The molecule has 0 aliphatic heterocycles. The number of aromatic nitrogens is 1. The third kappa shape index (κ3) is 6.68. The minimum atomic E-state index is 0. The van der Waals surface area contributed by atoms with E-state index in [0.29, 0.717) is 0 Å². The molecule has 3 N–H and O–H groups in total. The Bertz CT molecular complexity index is 612. The van der Waals surface area contributed by atoms with Crippen molar-refractivity contribution in [3.8, 4) is 0 Å². The molecule has 0 aliphatic carbocycles. The van der Waals surface area contributed by atoms with Crippen LogP contribution in [0.15, 0.2) is 35.5 Å². The minimum Gasteiger partial charge on any atom is -0.382 e. The van der Waals surface area contributed by atoms with Gasteiger partial charge in [-0.05, 0) is 37.8 Å². The van der Waals surface area contributed by atoms with E-state index in [-0.39, 0.29) is 24.0 Å². The molecule has 0 spiro atoms. The molecule has 0 atom stereocenters. The Kier molecular flexibility index (Phi) is 10.5. The summed E-state index contributed by atoms with van der Waals surface area (Å²) in [5.74, 6) is 0.862. The predicted molar refractivity (Wildman–Crippen MR) is 113 cm³/mol. The molecule has 0 fully saturated rings. The van der Waals surface area contributed by atoms with Gasteiger partial charge in [0, 0.05) is 50.5 Å². The highest BCUT2D eigenvalue weighted by molar-refractivity contribution is 14.0. The van der Waals surface area contributed by atoms with Crippen LogP contribution in [0, 0.1) is 0 Å². The van der Waals surface area contributed by atoms with Crippen LogP contribution in [0.1, 0.15) is 25.3 Å². The number of unbranched alkanes of at least 4 members (excludes halogenated alkanes) is 1. The highest BCUT2D eigenvalue weighted by Gasteiger charge is 2.03. The number of benzene rings is 1. The molecule has 2 rings (SSSR count). The zero-order chi connectivity index (χ0) is 16.3. The molecule has 0 radical (unpaired) electrons. The van der Waals surface area contributed by atoms with Crippen LogP contribution in [0.4, 0.5) is 0 Å². The van der Waals surface area contributed by atoms with Crippen molar-refractivity contribution < 1.29 is 4.74 Å². The molecule has 0 unspecified atom stereocenters. The maximum Gasteiger partial charge on any atom is 0.190 e. The molecular formula is C18H29IN4O. The fourth-order valence-electron chi connectivity index (χ4n) is 2.55. The van der Waals surface area contributed by atoms with E-state index in [2.05, 4.69) is 51.1 Å². The molecule has 1 aromatic heterocycles. The summed E-state index contributed by atoms with van der Waals surface area (Å²) in [7, 11) is 1.81. The number of ether oxygens (including phenoxy) is 1. The topological polar surface area (TPSA) is 61.4 Å². The van der Waals surface area contributed by atoms with Gasteiger partial charge in [-0.2, -0.15) is 0 Å². The molecule has 0 amide bonds. The second-order valence-electron chi connectivity index (χ2n) is 5.44. The normalized spacial score (nSPS) is 11.3. The lowest BCUT2D eigenvalue weighted by molar-refractivity contribution is 0.143. The minimum absolute atomic E-state index is 0. The summed E-state index contributed by atoms with van der Waals surface area (Å²) in [5, 5.41) is 8.01. The monoisotopic (exact) mass is 444 g/mol. The number of rotatable bonds is 9. The predicted octanol–water partition coefficient (Wildman–Crippen LogP) is 3.31. The van der Waals surface area contributed by atoms with Gasteiger partial charge in [-0.15, -0.1) is 24.0 Å². The van der Waals surface area contributed by atoms with Gasteiger partial charge in [-0.3, -0.25) is 4.99 Å². The van der Waals surface area contributed by atoms with Crippen LogP contribution in [0.5, 0.6) is 0 Å². The van der Waals surface area contributed by atoms with Gasteiger partial charge in [0.2, 0.25) is 0 Å². The van der Waals surface area contributed by atoms with Crippen LogP contribution < -0.4 is 10.6 Å². The zero-order valence-electron chi connectivity index (χ0n) is 14.6. The number of nitrogens with one attached hydrogen (secondary N) is 3. The van der Waals surface area contributed by atoms with Crippen LogP contribution in [0.2, 0.25) is 0 Å². The van der Waals surface area contributed by atoms with Gasteiger partial charge in [0.05, 0.1) is 0 Å². The van der Waals surface area contributed by atoms with Crippen molar-refractivity contribution >= 4 is 40.8 Å². The lowest BCUT2D eigenvalue weighted by Gasteiger charge is -2.11. The van der Waals surface area contributed by atoms with E-state index in [1.165, 1.54) is 16.5 Å². The van der Waals surface area contributed by atoms with E-state index >= 15 is 0 Å². The maximum atomic E-state index is 5.33. The first-order valence-corrected chi connectivity index (χ1v) is 8.42. The van der Waals surface area contributed by atoms with Gasteiger partial charge in [0.1, 0.15) is 0 Å². The van der Waals surface area contributed by atoms with Crippen LogP contribution in [-0.2, 0) is 11.2 Å². The largest absolute Gasteiger partial charge is 0.382 e. The van der Waals surface area contributed by atoms with Gasteiger partial charge in [-0.25, -0.2) is 0 Å². The van der Waals surface area contributed by atoms with Crippen LogP contribution in [0.3, 0.4) is 0 Å². The first-order chi connectivity index (χ1) is 11.3. The first kappa shape index (κ1) is 20.8. The summed E-state index contributed by atoms with van der Waals surface area (Å²) in [6.45, 7) is 5.44. The van der Waals surface area contributed by atoms with Gasteiger partial charge < -0.3 is 20.4 Å². The molecule has 1 aromatic carbocycles. The lowest BCUT2D eigenvalue weighted by atomic mass is 10.1. The number of hydrogen-bond donors (Lipinski definition) is 3. The van der Waals surface area contributed by atoms with Crippen molar-refractivity contribution in [1.82, 2.24) is 15.6 Å². The van der Waals surface area contributed by atoms with Crippen LogP contribution in [0.25, 0.3) is 10.9 Å². The third-order valence-corrected chi connectivity index (χ3v) is 3.80. The van der Waals surface area contributed by atoms with Crippen molar-refractivity contribution in [1.29, 1.82) is 0 Å². The van der Waals surface area contributed by atoms with E-state index in [4.69, 9.17) is 4.74 Å². The van der Waals surface area contributed by atoms with Crippen LogP contribution in [-0.4, -0.2) is 44.3 Å². The number of nitrogens with zero attached hydrogens (tertiary/aromatic N) is 1. The van der Waals surface area contributed by atoms with E-state index < -0.39 is 0 Å². The number of halogens is 1. The molecule has 0 bridgehead atoms. The summed E-state index contributed by atoms with van der Waals surface area (Å²) in [6.07, 6.45) is 5.22. The molecule has 2 aromatic rings. The second kappa shape index (κ2) is 12.1. The van der Waals surface area contributed by atoms with E-state index in [1.807, 2.05) is 6.92 Å². The summed E-state index contributed by atoms with van der Waals surface area (Å²) >= 11 is 0. The Morgan fingerprint density at radius 1 is 1.17 bits per heavy atom. The molecule has 0 saturated carbocycles. The number of guanidine groups is 1. The van der Waals surface area contributed by atoms with Crippen molar-refractivity contribution in [2.45, 2.75) is 26.2 Å². The molecule has 6 heteroatoms. The molecule has 5 nitrogen and oxygen atoms in total. The van der Waals surface area contributed by atoms with Crippen LogP contribution >= 0.6 is 24.0 Å². The number of aromatic amines is 1. The van der Waals surface area contributed by atoms with Crippen molar-refractivity contribution in [2.24, 2.45) is 4.99 Å². The Morgan fingerprint density at radius 2 is 1.96 bits per heavy atom. The first-order valence-electron chi connectivity index (χ1n) is 8.42. The number of H-pyrrole nitrogens is 1. The van der Waals surface area contributed by atoms with Gasteiger partial charge in [0.15, 0.2) is 5.96 Å². The molecule has 134 valence electrons. The van der Waals surface area contributed by atoms with Gasteiger partial charge in [-0.1, -0.05) is 18.2 Å². The Hall–Kier alpha value is -1.28. The highest BCUT2D eigenvalue weighted by Crippen LogP contribution is 2.17. The Morgan fingerprint density at radius 3 is 2.75 bits per heavy atom. The fourth-order valence-corrected chi connectivity index (χ4v) is 2.55. The third-order valence-electron chi connectivity index (χ3n) is 3.80. The molecule has 0 saturated heterocycles. The van der Waals surface area contributed by atoms with Crippen molar-refractivity contribution in [3.05, 3.63) is 36.0 Å². The zero-order valence-corrected chi connectivity index (χ0v) is 16.9. The average molecular weight is 444 g/mol. The Balaban J connectivity index is 0.00000288. The number of hydrogen-bond acceptors (Lipinski definition) is 2. The highest BCUT2D eigenvalue weighted by atomic mass is 127. The molecule has 0 aliphatic rings. The fraction of sp³-hybridized carbons (Fsp3) is 0.500. The van der Waals surface area contributed by atoms with E-state index in [0.717, 1.165) is 51.5 Å². The smallest absolute Gasteiger partial charge is 0.190 e. The molecule has 24 heavy (non-hydrogen) atoms. The quantitative estimate of drug-likeness (QED) is 0.241. The molecule has 1 heterocycles. The van der Waals surface area contributed by atoms with E-state index in [9.17, 15) is 0 Å². The van der Waals surface area contributed by atoms with Gasteiger partial charge >= 0.3 is 0 Å². The summed E-state index contributed by atoms with van der Waals surface area (Å²) < 4.78 is 5.33. The maximum absolute atomic E-state index is 5.33. The lowest BCUT2D eigenvalue weighted by Crippen LogP contribution is -2.38. The average Bonchev–Trinajstić information content (AvgIpc) is 2.99. The summed E-state index contributed by atoms with van der Waals surface area (Å²) in [5.41, 5.74) is 2.53. The van der Waals surface area contributed by atoms with E-state index in [1.54, 1.807) is 7.05 Å². The van der Waals surface area contributed by atoms with Crippen molar-refractivity contribution in [3.63, 3.8) is 0 Å². The molecular weight excluding hydrogens is 415 g/mol. The standard InChI is InChI=1S/C18H28N4O.HI/c1-3-23-13-7-6-11-20-18(19-2)21-12-10-15-14-22-17-9-5-4-8-16(15)17;/h4-5,8-9,14,22H,3,6-7,10-13H2,1-2H3,(H2,19,20,21);1H. The summed E-state index contributed by atoms with van der Waals surface area (Å²) in [6, 6.07) is 8.40. The summed E-state index contributed by atoms with van der Waals surface area (Å²) in [4.78, 5) is 7.57. The second-order valence-corrected chi connectivity index (χ2v) is 5.44. The number of aliphatic imine (C=N–C) groups is 1. The number of para-hydroxylation sites is 1. The number of fused-ring (bicyclic) bond motifs is 1. The SMILES string of the molecule is CCOCCCCNC(=NC)NCCc1c[nH]c2ccccc12.I.